The first kappa shape index (κ1) is 15.5. The van der Waals surface area contributed by atoms with Crippen molar-refractivity contribution in [1.82, 2.24) is 10.6 Å². The molecule has 0 bridgehead atoms. The molecule has 1 saturated carbocycles. The summed E-state index contributed by atoms with van der Waals surface area (Å²) in [6, 6.07) is 7.84. The van der Waals surface area contributed by atoms with Gasteiger partial charge in [0, 0.05) is 11.6 Å². The van der Waals surface area contributed by atoms with Crippen molar-refractivity contribution >= 4 is 11.8 Å². The van der Waals surface area contributed by atoms with E-state index in [4.69, 9.17) is 0 Å². The summed E-state index contributed by atoms with van der Waals surface area (Å²) < 4.78 is 0. The molecule has 1 fully saturated rings. The van der Waals surface area contributed by atoms with E-state index in [1.54, 1.807) is 12.1 Å². The number of hydrogen-bond acceptors (Lipinski definition) is 2. The largest absolute Gasteiger partial charge is 0.352 e. The number of amides is 2. The Labute approximate surface area is 126 Å². The molecule has 1 aliphatic carbocycles. The second-order valence-corrected chi connectivity index (χ2v) is 6.71. The van der Waals surface area contributed by atoms with E-state index in [-0.39, 0.29) is 23.8 Å². The molecule has 114 valence electrons. The standard InChI is InChI=1S/C17H24N2O2/c1-17(2,3)13-9-7-12(8-10-13)16(21)18-11-15(20)19-14-5-4-6-14/h7-10,14H,4-6,11H2,1-3H3,(H,18,21)(H,19,20). The Morgan fingerprint density at radius 2 is 1.76 bits per heavy atom. The highest BCUT2D eigenvalue weighted by Gasteiger charge is 2.19. The van der Waals surface area contributed by atoms with Gasteiger partial charge in [0.05, 0.1) is 6.54 Å². The van der Waals surface area contributed by atoms with Crippen LogP contribution in [0, 0.1) is 0 Å². The number of rotatable bonds is 4. The fraction of sp³-hybridized carbons (Fsp3) is 0.529. The Kier molecular flexibility index (Phi) is 4.66. The third-order valence-corrected chi connectivity index (χ3v) is 3.89. The number of carbonyl (C=O) groups is 2. The van der Waals surface area contributed by atoms with Crippen molar-refractivity contribution in [1.29, 1.82) is 0 Å². The van der Waals surface area contributed by atoms with Crippen molar-refractivity contribution < 1.29 is 9.59 Å². The Morgan fingerprint density at radius 3 is 2.24 bits per heavy atom. The molecule has 2 amide bonds. The summed E-state index contributed by atoms with van der Waals surface area (Å²) in [6.45, 7) is 6.43. The highest BCUT2D eigenvalue weighted by molar-refractivity contribution is 5.96. The molecule has 1 aliphatic rings. The molecule has 0 aliphatic heterocycles. The molecule has 1 aromatic carbocycles. The van der Waals surface area contributed by atoms with Gasteiger partial charge in [0.2, 0.25) is 5.91 Å². The lowest BCUT2D eigenvalue weighted by atomic mass is 9.87. The monoisotopic (exact) mass is 288 g/mol. The molecule has 0 heterocycles. The SMILES string of the molecule is CC(C)(C)c1ccc(C(=O)NCC(=O)NC2CCC2)cc1. The van der Waals surface area contributed by atoms with E-state index in [1.807, 2.05) is 12.1 Å². The van der Waals surface area contributed by atoms with Gasteiger partial charge >= 0.3 is 0 Å². The number of carbonyl (C=O) groups excluding carboxylic acids is 2. The lowest BCUT2D eigenvalue weighted by Gasteiger charge is -2.26. The summed E-state index contributed by atoms with van der Waals surface area (Å²) in [5.74, 6) is -0.321. The average molecular weight is 288 g/mol. The highest BCUT2D eigenvalue weighted by Crippen LogP contribution is 2.22. The van der Waals surface area contributed by atoms with Crippen LogP contribution >= 0.6 is 0 Å². The van der Waals surface area contributed by atoms with Crippen LogP contribution in [0.15, 0.2) is 24.3 Å². The van der Waals surface area contributed by atoms with Gasteiger partial charge in [-0.25, -0.2) is 0 Å². The van der Waals surface area contributed by atoms with E-state index in [9.17, 15) is 9.59 Å². The van der Waals surface area contributed by atoms with Crippen LogP contribution in [-0.2, 0) is 10.2 Å². The van der Waals surface area contributed by atoms with Crippen LogP contribution in [0.2, 0.25) is 0 Å². The second kappa shape index (κ2) is 6.29. The van der Waals surface area contributed by atoms with E-state index < -0.39 is 0 Å². The molecule has 1 aromatic rings. The molecule has 0 atom stereocenters. The minimum absolute atomic E-state index is 0.0381. The molecule has 21 heavy (non-hydrogen) atoms. The first-order chi connectivity index (χ1) is 9.86. The Balaban J connectivity index is 1.83. The van der Waals surface area contributed by atoms with Gasteiger partial charge in [0.15, 0.2) is 0 Å². The molecule has 0 saturated heterocycles. The lowest BCUT2D eigenvalue weighted by Crippen LogP contribution is -2.44. The van der Waals surface area contributed by atoms with Crippen LogP contribution in [0.25, 0.3) is 0 Å². The molecule has 0 radical (unpaired) electrons. The van der Waals surface area contributed by atoms with Crippen molar-refractivity contribution in [2.24, 2.45) is 0 Å². The van der Waals surface area contributed by atoms with Crippen LogP contribution in [0.1, 0.15) is 56.0 Å². The molecule has 0 aromatic heterocycles. The van der Waals surface area contributed by atoms with Crippen molar-refractivity contribution in [2.75, 3.05) is 6.54 Å². The molecule has 4 nitrogen and oxygen atoms in total. The normalized spacial score (nSPS) is 15.2. The number of hydrogen-bond donors (Lipinski definition) is 2. The van der Waals surface area contributed by atoms with Gasteiger partial charge < -0.3 is 10.6 Å². The van der Waals surface area contributed by atoms with Gasteiger partial charge in [0.1, 0.15) is 0 Å². The molecule has 0 unspecified atom stereocenters. The van der Waals surface area contributed by atoms with Gasteiger partial charge in [-0.15, -0.1) is 0 Å². The van der Waals surface area contributed by atoms with Crippen LogP contribution in [0.5, 0.6) is 0 Å². The summed E-state index contributed by atoms with van der Waals surface area (Å²) in [5, 5.41) is 5.56. The molecule has 0 spiro atoms. The van der Waals surface area contributed by atoms with Crippen molar-refractivity contribution in [3.8, 4) is 0 Å². The second-order valence-electron chi connectivity index (χ2n) is 6.71. The Morgan fingerprint density at radius 1 is 1.14 bits per heavy atom. The minimum Gasteiger partial charge on any atom is -0.352 e. The Hall–Kier alpha value is -1.84. The first-order valence-corrected chi connectivity index (χ1v) is 7.54. The molecule has 2 N–H and O–H groups in total. The minimum atomic E-state index is -0.209. The van der Waals surface area contributed by atoms with Gasteiger partial charge in [-0.2, -0.15) is 0 Å². The molecular formula is C17H24N2O2. The Bertz CT molecular complexity index is 511. The number of nitrogens with one attached hydrogen (secondary N) is 2. The zero-order valence-corrected chi connectivity index (χ0v) is 13.0. The molecule has 2 rings (SSSR count). The highest BCUT2D eigenvalue weighted by atomic mass is 16.2. The summed E-state index contributed by atoms with van der Waals surface area (Å²) >= 11 is 0. The van der Waals surface area contributed by atoms with Crippen LogP contribution < -0.4 is 10.6 Å². The van der Waals surface area contributed by atoms with Crippen LogP contribution in [0.3, 0.4) is 0 Å². The van der Waals surface area contributed by atoms with E-state index in [1.165, 1.54) is 12.0 Å². The van der Waals surface area contributed by atoms with Gasteiger partial charge in [-0.1, -0.05) is 32.9 Å². The van der Waals surface area contributed by atoms with E-state index in [0.29, 0.717) is 11.6 Å². The van der Waals surface area contributed by atoms with E-state index in [0.717, 1.165) is 12.8 Å². The summed E-state index contributed by atoms with van der Waals surface area (Å²) in [4.78, 5) is 23.6. The maximum atomic E-state index is 12.0. The average Bonchev–Trinajstić information content (AvgIpc) is 2.39. The topological polar surface area (TPSA) is 58.2 Å². The quantitative estimate of drug-likeness (QED) is 0.893. The van der Waals surface area contributed by atoms with Gasteiger partial charge in [-0.3, -0.25) is 9.59 Å². The summed E-state index contributed by atoms with van der Waals surface area (Å²) in [7, 11) is 0. The van der Waals surface area contributed by atoms with Crippen molar-refractivity contribution in [2.45, 2.75) is 51.5 Å². The van der Waals surface area contributed by atoms with Crippen LogP contribution in [0.4, 0.5) is 0 Å². The fourth-order valence-electron chi connectivity index (χ4n) is 2.22. The van der Waals surface area contributed by atoms with E-state index >= 15 is 0 Å². The molecular weight excluding hydrogens is 264 g/mol. The number of benzene rings is 1. The third kappa shape index (κ3) is 4.31. The smallest absolute Gasteiger partial charge is 0.251 e. The fourth-order valence-corrected chi connectivity index (χ4v) is 2.22. The van der Waals surface area contributed by atoms with E-state index in [2.05, 4.69) is 31.4 Å². The maximum Gasteiger partial charge on any atom is 0.251 e. The third-order valence-electron chi connectivity index (χ3n) is 3.89. The van der Waals surface area contributed by atoms with Gasteiger partial charge in [-0.05, 0) is 42.4 Å². The zero-order chi connectivity index (χ0) is 15.5. The first-order valence-electron chi connectivity index (χ1n) is 7.54. The summed E-state index contributed by atoms with van der Waals surface area (Å²) in [5.41, 5.74) is 1.83. The van der Waals surface area contributed by atoms with Crippen molar-refractivity contribution in [3.05, 3.63) is 35.4 Å². The van der Waals surface area contributed by atoms with Crippen LogP contribution in [-0.4, -0.2) is 24.4 Å². The van der Waals surface area contributed by atoms with Gasteiger partial charge in [0.25, 0.3) is 5.91 Å². The van der Waals surface area contributed by atoms with Crippen molar-refractivity contribution in [3.63, 3.8) is 0 Å². The predicted octanol–water partition coefficient (Wildman–Crippen LogP) is 2.38. The molecule has 4 heteroatoms. The zero-order valence-electron chi connectivity index (χ0n) is 13.0. The lowest BCUT2D eigenvalue weighted by molar-refractivity contribution is -0.121. The maximum absolute atomic E-state index is 12.0. The predicted molar refractivity (Wildman–Crippen MR) is 83.3 cm³/mol. The summed E-state index contributed by atoms with van der Waals surface area (Å²) in [6.07, 6.45) is 3.28.